The van der Waals surface area contributed by atoms with Crippen LogP contribution in [0.5, 0.6) is 0 Å². The molecule has 0 saturated heterocycles. The lowest BCUT2D eigenvalue weighted by atomic mass is 9.70. The third-order valence-corrected chi connectivity index (χ3v) is 4.25. The highest BCUT2D eigenvalue weighted by atomic mass is 16.6. The standard InChI is InChI=1S/C17H34N2O2/c1-13-12-17(5,6)9-8-14(13)18-10-11-19(7)15(20)21-16(2,3)4/h13-14,18H,8-12H2,1-7H3. The van der Waals surface area contributed by atoms with E-state index in [1.165, 1.54) is 19.3 Å². The first-order valence-electron chi connectivity index (χ1n) is 8.18. The van der Waals surface area contributed by atoms with E-state index in [1.54, 1.807) is 11.9 Å². The number of likely N-dealkylation sites (N-methyl/N-ethyl adjacent to an activating group) is 1. The quantitative estimate of drug-likeness (QED) is 0.861. The molecule has 0 radical (unpaired) electrons. The van der Waals surface area contributed by atoms with Crippen LogP contribution in [0.25, 0.3) is 0 Å². The molecule has 4 heteroatoms. The van der Waals surface area contributed by atoms with Crippen LogP contribution in [-0.2, 0) is 4.74 Å². The second-order valence-corrected chi connectivity index (χ2v) is 8.35. The second kappa shape index (κ2) is 6.99. The van der Waals surface area contributed by atoms with Crippen molar-refractivity contribution in [3.8, 4) is 0 Å². The number of carbonyl (C=O) groups is 1. The van der Waals surface area contributed by atoms with E-state index in [-0.39, 0.29) is 6.09 Å². The van der Waals surface area contributed by atoms with Gasteiger partial charge in [-0.2, -0.15) is 0 Å². The molecule has 1 N–H and O–H groups in total. The van der Waals surface area contributed by atoms with Crippen LogP contribution in [0.3, 0.4) is 0 Å². The van der Waals surface area contributed by atoms with Crippen molar-refractivity contribution < 1.29 is 9.53 Å². The van der Waals surface area contributed by atoms with Gasteiger partial charge in [-0.25, -0.2) is 4.79 Å². The Morgan fingerprint density at radius 1 is 1.38 bits per heavy atom. The van der Waals surface area contributed by atoms with Crippen LogP contribution in [0.15, 0.2) is 0 Å². The maximum absolute atomic E-state index is 11.9. The van der Waals surface area contributed by atoms with Crippen LogP contribution in [0, 0.1) is 11.3 Å². The molecule has 0 aromatic heterocycles. The molecule has 0 spiro atoms. The average molecular weight is 298 g/mol. The summed E-state index contributed by atoms with van der Waals surface area (Å²) in [5.41, 5.74) is 0.0488. The van der Waals surface area contributed by atoms with Gasteiger partial charge in [0.15, 0.2) is 0 Å². The van der Waals surface area contributed by atoms with E-state index in [0.717, 1.165) is 6.54 Å². The normalized spacial score (nSPS) is 25.5. The van der Waals surface area contributed by atoms with Gasteiger partial charge in [0.1, 0.15) is 5.60 Å². The first-order valence-corrected chi connectivity index (χ1v) is 8.18. The summed E-state index contributed by atoms with van der Waals surface area (Å²) < 4.78 is 5.35. The van der Waals surface area contributed by atoms with Gasteiger partial charge >= 0.3 is 6.09 Å². The number of nitrogens with zero attached hydrogens (tertiary/aromatic N) is 1. The van der Waals surface area contributed by atoms with Gasteiger partial charge in [-0.15, -0.1) is 0 Å². The Bertz CT molecular complexity index is 347. The van der Waals surface area contributed by atoms with Gasteiger partial charge in [0.25, 0.3) is 0 Å². The van der Waals surface area contributed by atoms with E-state index in [9.17, 15) is 4.79 Å². The van der Waals surface area contributed by atoms with Crippen LogP contribution in [0.2, 0.25) is 0 Å². The van der Waals surface area contributed by atoms with Gasteiger partial charge in [0.05, 0.1) is 0 Å². The first-order chi connectivity index (χ1) is 9.50. The van der Waals surface area contributed by atoms with Crippen LogP contribution in [-0.4, -0.2) is 42.8 Å². The SMILES string of the molecule is CC1CC(C)(C)CCC1NCCN(C)C(=O)OC(C)(C)C. The highest BCUT2D eigenvalue weighted by Crippen LogP contribution is 2.38. The topological polar surface area (TPSA) is 41.6 Å². The fraction of sp³-hybridized carbons (Fsp3) is 0.941. The molecular formula is C17H34N2O2. The lowest BCUT2D eigenvalue weighted by molar-refractivity contribution is 0.0297. The van der Waals surface area contributed by atoms with Gasteiger partial charge in [-0.05, 0) is 51.4 Å². The Balaban J connectivity index is 2.29. The highest BCUT2D eigenvalue weighted by Gasteiger charge is 2.31. The average Bonchev–Trinajstić information content (AvgIpc) is 2.28. The number of carbonyl (C=O) groups excluding carboxylic acids is 1. The molecular weight excluding hydrogens is 264 g/mol. The molecule has 2 atom stereocenters. The molecule has 21 heavy (non-hydrogen) atoms. The van der Waals surface area contributed by atoms with E-state index in [2.05, 4.69) is 26.1 Å². The summed E-state index contributed by atoms with van der Waals surface area (Å²) in [5, 5.41) is 3.61. The van der Waals surface area contributed by atoms with Crippen molar-refractivity contribution in [2.45, 2.75) is 72.4 Å². The van der Waals surface area contributed by atoms with E-state index in [1.807, 2.05) is 20.8 Å². The number of nitrogens with one attached hydrogen (secondary N) is 1. The summed E-state index contributed by atoms with van der Waals surface area (Å²) in [6.45, 7) is 14.2. The largest absolute Gasteiger partial charge is 0.444 e. The fourth-order valence-corrected chi connectivity index (χ4v) is 3.10. The highest BCUT2D eigenvalue weighted by molar-refractivity contribution is 5.67. The Labute approximate surface area is 130 Å². The van der Waals surface area contributed by atoms with E-state index in [0.29, 0.717) is 23.9 Å². The smallest absolute Gasteiger partial charge is 0.410 e. The molecule has 0 aliphatic heterocycles. The van der Waals surface area contributed by atoms with Crippen molar-refractivity contribution in [1.82, 2.24) is 10.2 Å². The Hall–Kier alpha value is -0.770. The van der Waals surface area contributed by atoms with Crippen LogP contribution in [0.4, 0.5) is 4.79 Å². The number of rotatable bonds is 4. The molecule has 1 aliphatic carbocycles. The summed E-state index contributed by atoms with van der Waals surface area (Å²) in [6, 6.07) is 0.574. The lowest BCUT2D eigenvalue weighted by Crippen LogP contribution is -2.45. The van der Waals surface area contributed by atoms with Gasteiger partial charge in [-0.3, -0.25) is 0 Å². The second-order valence-electron chi connectivity index (χ2n) is 8.35. The number of hydrogen-bond acceptors (Lipinski definition) is 3. The number of amides is 1. The lowest BCUT2D eigenvalue weighted by Gasteiger charge is -2.39. The van der Waals surface area contributed by atoms with Gasteiger partial charge in [0, 0.05) is 26.2 Å². The molecule has 0 aromatic rings. The predicted octanol–water partition coefficient (Wildman–Crippen LogP) is 3.66. The number of hydrogen-bond donors (Lipinski definition) is 1. The third kappa shape index (κ3) is 6.68. The summed E-state index contributed by atoms with van der Waals surface area (Å²) in [7, 11) is 1.79. The van der Waals surface area contributed by atoms with Crippen molar-refractivity contribution in [1.29, 1.82) is 0 Å². The molecule has 0 heterocycles. The van der Waals surface area contributed by atoms with E-state index >= 15 is 0 Å². The van der Waals surface area contributed by atoms with E-state index in [4.69, 9.17) is 4.74 Å². The molecule has 1 rings (SSSR count). The van der Waals surface area contributed by atoms with Crippen molar-refractivity contribution in [2.75, 3.05) is 20.1 Å². The minimum Gasteiger partial charge on any atom is -0.444 e. The third-order valence-electron chi connectivity index (χ3n) is 4.25. The van der Waals surface area contributed by atoms with Crippen LogP contribution >= 0.6 is 0 Å². The van der Waals surface area contributed by atoms with Crippen molar-refractivity contribution in [2.24, 2.45) is 11.3 Å². The molecule has 4 nitrogen and oxygen atoms in total. The van der Waals surface area contributed by atoms with Crippen molar-refractivity contribution in [3.63, 3.8) is 0 Å². The minimum atomic E-state index is -0.428. The van der Waals surface area contributed by atoms with Crippen LogP contribution in [0.1, 0.15) is 60.8 Å². The first kappa shape index (κ1) is 18.3. The zero-order valence-electron chi connectivity index (χ0n) is 15.0. The van der Waals surface area contributed by atoms with Crippen LogP contribution < -0.4 is 5.32 Å². The zero-order chi connectivity index (χ0) is 16.3. The van der Waals surface area contributed by atoms with E-state index < -0.39 is 5.60 Å². The maximum Gasteiger partial charge on any atom is 0.410 e. The molecule has 1 fully saturated rings. The Kier molecular flexibility index (Phi) is 6.09. The molecule has 1 saturated carbocycles. The summed E-state index contributed by atoms with van der Waals surface area (Å²) in [5.74, 6) is 0.695. The van der Waals surface area contributed by atoms with Crippen molar-refractivity contribution in [3.05, 3.63) is 0 Å². The van der Waals surface area contributed by atoms with Gasteiger partial charge in [-0.1, -0.05) is 20.8 Å². The number of ether oxygens (including phenoxy) is 1. The Morgan fingerprint density at radius 3 is 2.52 bits per heavy atom. The van der Waals surface area contributed by atoms with Gasteiger partial charge < -0.3 is 15.0 Å². The predicted molar refractivity (Wildman–Crippen MR) is 87.5 cm³/mol. The molecule has 124 valence electrons. The summed E-state index contributed by atoms with van der Waals surface area (Å²) in [6.07, 6.45) is 3.52. The maximum atomic E-state index is 11.9. The monoisotopic (exact) mass is 298 g/mol. The Morgan fingerprint density at radius 2 is 2.00 bits per heavy atom. The fourth-order valence-electron chi connectivity index (χ4n) is 3.10. The van der Waals surface area contributed by atoms with Crippen molar-refractivity contribution >= 4 is 6.09 Å². The molecule has 2 unspecified atom stereocenters. The van der Waals surface area contributed by atoms with Gasteiger partial charge in [0.2, 0.25) is 0 Å². The summed E-state index contributed by atoms with van der Waals surface area (Å²) >= 11 is 0. The molecule has 1 aliphatic rings. The molecule has 1 amide bonds. The summed E-state index contributed by atoms with van der Waals surface area (Å²) in [4.78, 5) is 13.5. The molecule has 0 bridgehead atoms. The molecule has 0 aromatic carbocycles. The zero-order valence-corrected chi connectivity index (χ0v) is 15.0. The minimum absolute atomic E-state index is 0.248.